The standard InChI is InChI=1S/C20H17BrN2O4S/c1-27-16-4-2-3-13(11-16)17-12-19(25)23(20(26)28-17)10-9-18(24)22-15-7-5-14(21)6-8-15/h2-8,11-12H,9-10H2,1H3,(H,22,24). The number of anilines is 1. The van der Waals surface area contributed by atoms with Gasteiger partial charge in [-0.1, -0.05) is 39.4 Å². The van der Waals surface area contributed by atoms with E-state index in [0.29, 0.717) is 16.3 Å². The van der Waals surface area contributed by atoms with Crippen molar-refractivity contribution in [3.63, 3.8) is 0 Å². The number of halogens is 1. The zero-order chi connectivity index (χ0) is 20.1. The number of carbonyl (C=O) groups is 1. The van der Waals surface area contributed by atoms with E-state index in [-0.39, 0.29) is 18.9 Å². The van der Waals surface area contributed by atoms with Gasteiger partial charge in [0.15, 0.2) is 0 Å². The fourth-order valence-electron chi connectivity index (χ4n) is 2.55. The molecule has 0 bridgehead atoms. The van der Waals surface area contributed by atoms with Crippen LogP contribution in [0.5, 0.6) is 5.75 Å². The number of rotatable bonds is 6. The molecule has 1 aromatic heterocycles. The largest absolute Gasteiger partial charge is 0.497 e. The summed E-state index contributed by atoms with van der Waals surface area (Å²) in [6, 6.07) is 15.7. The zero-order valence-electron chi connectivity index (χ0n) is 15.0. The van der Waals surface area contributed by atoms with Crippen molar-refractivity contribution in [3.8, 4) is 16.2 Å². The fraction of sp³-hybridized carbons (Fsp3) is 0.150. The highest BCUT2D eigenvalue weighted by Crippen LogP contribution is 2.24. The molecule has 2 aromatic carbocycles. The minimum absolute atomic E-state index is 0.0227. The molecule has 0 saturated heterocycles. The Hall–Kier alpha value is -2.71. The summed E-state index contributed by atoms with van der Waals surface area (Å²) in [6.45, 7) is 0.0227. The fourth-order valence-corrected chi connectivity index (χ4v) is 3.70. The van der Waals surface area contributed by atoms with Gasteiger partial charge in [0.1, 0.15) is 5.75 Å². The van der Waals surface area contributed by atoms with Crippen molar-refractivity contribution in [3.05, 3.63) is 79.1 Å². The predicted molar refractivity (Wildman–Crippen MR) is 114 cm³/mol. The lowest BCUT2D eigenvalue weighted by Gasteiger charge is -2.08. The molecule has 28 heavy (non-hydrogen) atoms. The third-order valence-electron chi connectivity index (χ3n) is 3.98. The quantitative estimate of drug-likeness (QED) is 0.607. The molecule has 0 atom stereocenters. The normalized spacial score (nSPS) is 10.5. The van der Waals surface area contributed by atoms with Crippen LogP contribution in [0.2, 0.25) is 0 Å². The second-order valence-corrected chi connectivity index (χ2v) is 7.81. The van der Waals surface area contributed by atoms with E-state index in [9.17, 15) is 14.4 Å². The molecule has 1 amide bonds. The lowest BCUT2D eigenvalue weighted by molar-refractivity contribution is -0.116. The van der Waals surface area contributed by atoms with Crippen LogP contribution in [-0.4, -0.2) is 17.6 Å². The highest BCUT2D eigenvalue weighted by molar-refractivity contribution is 9.10. The zero-order valence-corrected chi connectivity index (χ0v) is 17.4. The van der Waals surface area contributed by atoms with E-state index < -0.39 is 10.4 Å². The van der Waals surface area contributed by atoms with Crippen LogP contribution < -0.4 is 20.5 Å². The SMILES string of the molecule is COc1cccc(-c2cc(=O)n(CCC(=O)Nc3ccc(Br)cc3)c(=O)s2)c1. The smallest absolute Gasteiger partial charge is 0.310 e. The molecule has 0 saturated carbocycles. The maximum atomic E-state index is 12.4. The molecule has 3 rings (SSSR count). The number of hydrogen-bond donors (Lipinski definition) is 1. The van der Waals surface area contributed by atoms with Crippen LogP contribution in [-0.2, 0) is 11.3 Å². The Kier molecular flexibility index (Phi) is 6.43. The van der Waals surface area contributed by atoms with E-state index in [1.165, 1.54) is 6.07 Å². The van der Waals surface area contributed by atoms with Gasteiger partial charge in [0.2, 0.25) is 5.91 Å². The molecule has 0 aliphatic rings. The topological polar surface area (TPSA) is 77.4 Å². The maximum absolute atomic E-state index is 12.4. The van der Waals surface area contributed by atoms with Gasteiger partial charge < -0.3 is 10.1 Å². The van der Waals surface area contributed by atoms with Crippen LogP contribution in [0.1, 0.15) is 6.42 Å². The van der Waals surface area contributed by atoms with Crippen molar-refractivity contribution >= 4 is 38.9 Å². The minimum atomic E-state index is -0.432. The second kappa shape index (κ2) is 8.99. The first kappa shape index (κ1) is 20.0. The number of aromatic nitrogens is 1. The van der Waals surface area contributed by atoms with E-state index >= 15 is 0 Å². The molecule has 3 aromatic rings. The molecule has 1 heterocycles. The van der Waals surface area contributed by atoms with Gasteiger partial charge in [0.25, 0.3) is 5.56 Å². The number of carbonyl (C=O) groups excluding carboxylic acids is 1. The number of methoxy groups -OCH3 is 1. The van der Waals surface area contributed by atoms with Crippen molar-refractivity contribution < 1.29 is 9.53 Å². The summed E-state index contributed by atoms with van der Waals surface area (Å²) >= 11 is 4.29. The first-order valence-corrected chi connectivity index (χ1v) is 10.0. The van der Waals surface area contributed by atoms with Gasteiger partial charge in [-0.2, -0.15) is 0 Å². The van der Waals surface area contributed by atoms with E-state index in [1.54, 1.807) is 37.4 Å². The van der Waals surface area contributed by atoms with Gasteiger partial charge in [0, 0.05) is 34.1 Å². The Morgan fingerprint density at radius 1 is 1.14 bits per heavy atom. The molecule has 144 valence electrons. The average molecular weight is 461 g/mol. The van der Waals surface area contributed by atoms with E-state index in [0.717, 1.165) is 25.9 Å². The maximum Gasteiger partial charge on any atom is 0.310 e. The Morgan fingerprint density at radius 2 is 1.89 bits per heavy atom. The number of benzene rings is 2. The van der Waals surface area contributed by atoms with Crippen molar-refractivity contribution in [2.24, 2.45) is 0 Å². The molecular formula is C20H17BrN2O4S. The Morgan fingerprint density at radius 3 is 2.57 bits per heavy atom. The van der Waals surface area contributed by atoms with Crippen molar-refractivity contribution in [1.82, 2.24) is 4.57 Å². The van der Waals surface area contributed by atoms with Gasteiger partial charge in [-0.25, -0.2) is 0 Å². The number of nitrogens with one attached hydrogen (secondary N) is 1. The summed E-state index contributed by atoms with van der Waals surface area (Å²) in [5.74, 6) is 0.376. The van der Waals surface area contributed by atoms with Crippen LogP contribution >= 0.6 is 27.3 Å². The van der Waals surface area contributed by atoms with Crippen LogP contribution in [0, 0.1) is 0 Å². The van der Waals surface area contributed by atoms with Crippen LogP contribution in [0.4, 0.5) is 5.69 Å². The first-order valence-electron chi connectivity index (χ1n) is 8.41. The summed E-state index contributed by atoms with van der Waals surface area (Å²) in [5, 5.41) is 2.74. The van der Waals surface area contributed by atoms with Crippen molar-refractivity contribution in [1.29, 1.82) is 0 Å². The summed E-state index contributed by atoms with van der Waals surface area (Å²) in [5.41, 5.74) is 0.954. The van der Waals surface area contributed by atoms with E-state index in [1.807, 2.05) is 18.2 Å². The van der Waals surface area contributed by atoms with Crippen molar-refractivity contribution in [2.45, 2.75) is 13.0 Å². The Balaban J connectivity index is 1.72. The van der Waals surface area contributed by atoms with Crippen LogP contribution in [0.15, 0.2) is 68.7 Å². The molecule has 0 spiro atoms. The molecule has 0 aliphatic heterocycles. The second-order valence-electron chi connectivity index (χ2n) is 5.90. The highest BCUT2D eigenvalue weighted by atomic mass is 79.9. The van der Waals surface area contributed by atoms with E-state index in [4.69, 9.17) is 4.74 Å². The molecule has 8 heteroatoms. The number of nitrogens with zero attached hydrogens (tertiary/aromatic N) is 1. The summed E-state index contributed by atoms with van der Waals surface area (Å²) in [7, 11) is 1.55. The average Bonchev–Trinajstić information content (AvgIpc) is 2.69. The Bertz CT molecular complexity index is 1070. The molecule has 0 radical (unpaired) electrons. The third kappa shape index (κ3) is 4.96. The monoisotopic (exact) mass is 460 g/mol. The summed E-state index contributed by atoms with van der Waals surface area (Å²) in [4.78, 5) is 37.1. The van der Waals surface area contributed by atoms with Gasteiger partial charge in [0.05, 0.1) is 7.11 Å². The lowest BCUT2D eigenvalue weighted by atomic mass is 10.2. The number of amides is 1. The predicted octanol–water partition coefficient (Wildman–Crippen LogP) is 3.74. The molecule has 0 aliphatic carbocycles. The molecular weight excluding hydrogens is 444 g/mol. The summed E-state index contributed by atoms with van der Waals surface area (Å²) < 4.78 is 7.16. The highest BCUT2D eigenvalue weighted by Gasteiger charge is 2.10. The van der Waals surface area contributed by atoms with Gasteiger partial charge in [-0.15, -0.1) is 0 Å². The summed E-state index contributed by atoms with van der Waals surface area (Å²) in [6.07, 6.45) is 0.0242. The molecule has 0 fully saturated rings. The molecule has 1 N–H and O–H groups in total. The first-order chi connectivity index (χ1) is 13.5. The molecule has 0 unspecified atom stereocenters. The third-order valence-corrected chi connectivity index (χ3v) is 5.48. The van der Waals surface area contributed by atoms with Crippen molar-refractivity contribution in [2.75, 3.05) is 12.4 Å². The lowest BCUT2D eigenvalue weighted by Crippen LogP contribution is -2.32. The molecule has 6 nitrogen and oxygen atoms in total. The van der Waals surface area contributed by atoms with Crippen LogP contribution in [0.3, 0.4) is 0 Å². The van der Waals surface area contributed by atoms with E-state index in [2.05, 4.69) is 21.2 Å². The van der Waals surface area contributed by atoms with Gasteiger partial charge in [-0.05, 0) is 42.0 Å². The minimum Gasteiger partial charge on any atom is -0.497 e. The van der Waals surface area contributed by atoms with Gasteiger partial charge in [-0.3, -0.25) is 19.0 Å². The number of hydrogen-bond acceptors (Lipinski definition) is 5. The Labute approximate surface area is 173 Å². The van der Waals surface area contributed by atoms with Gasteiger partial charge >= 0.3 is 4.87 Å². The number of ether oxygens (including phenoxy) is 1. The van der Waals surface area contributed by atoms with Crippen LogP contribution in [0.25, 0.3) is 10.4 Å².